The van der Waals surface area contributed by atoms with Gasteiger partial charge in [0.15, 0.2) is 0 Å². The lowest BCUT2D eigenvalue weighted by Crippen LogP contribution is -2.36. The van der Waals surface area contributed by atoms with E-state index in [1.165, 1.54) is 37.0 Å². The summed E-state index contributed by atoms with van der Waals surface area (Å²) < 4.78 is 0. The lowest BCUT2D eigenvalue weighted by atomic mass is 9.73. The first kappa shape index (κ1) is 14.7. The molecule has 0 saturated heterocycles. The number of amides is 1. The Balaban J connectivity index is 1.92. The molecule has 1 aromatic carbocycles. The maximum absolute atomic E-state index is 11.5. The molecule has 2 aliphatic rings. The van der Waals surface area contributed by atoms with Crippen LogP contribution in [-0.2, 0) is 5.41 Å². The molecule has 1 aromatic rings. The van der Waals surface area contributed by atoms with Gasteiger partial charge in [0.05, 0.1) is 5.69 Å². The summed E-state index contributed by atoms with van der Waals surface area (Å²) in [5.74, 6) is 0.712. The number of rotatable bonds is 2. The molecule has 4 heteroatoms. The molecule has 0 spiro atoms. The number of carbonyl (C=O) groups is 1. The van der Waals surface area contributed by atoms with Gasteiger partial charge in [-0.05, 0) is 36.1 Å². The van der Waals surface area contributed by atoms with Gasteiger partial charge in [-0.3, -0.25) is 4.90 Å². The lowest BCUT2D eigenvalue weighted by Gasteiger charge is -2.32. The summed E-state index contributed by atoms with van der Waals surface area (Å²) in [5.41, 5.74) is 1.80. The second kappa shape index (κ2) is 5.53. The van der Waals surface area contributed by atoms with Crippen LogP contribution < -0.4 is 4.90 Å². The molecule has 1 saturated carbocycles. The van der Waals surface area contributed by atoms with Gasteiger partial charge in [0.2, 0.25) is 0 Å². The summed E-state index contributed by atoms with van der Waals surface area (Å²) in [5, 5.41) is 10.2. The van der Waals surface area contributed by atoms with Crippen LogP contribution in [0.15, 0.2) is 18.2 Å². The topological polar surface area (TPSA) is 40.5 Å². The van der Waals surface area contributed by atoms with Crippen molar-refractivity contribution in [3.63, 3.8) is 0 Å². The van der Waals surface area contributed by atoms with Crippen LogP contribution in [0.25, 0.3) is 0 Å². The average Bonchev–Trinajstić information content (AvgIpc) is 2.73. The highest BCUT2D eigenvalue weighted by molar-refractivity contribution is 6.30. The number of benzene rings is 1. The minimum atomic E-state index is -0.869. The van der Waals surface area contributed by atoms with Gasteiger partial charge in [-0.25, -0.2) is 4.79 Å². The van der Waals surface area contributed by atoms with Gasteiger partial charge in [0.1, 0.15) is 0 Å². The fraction of sp³-hybridized carbons (Fsp3) is 0.588. The minimum Gasteiger partial charge on any atom is -0.465 e. The first-order valence-corrected chi connectivity index (χ1v) is 8.18. The monoisotopic (exact) mass is 307 g/mol. The molecule has 1 N–H and O–H groups in total. The molecule has 0 radical (unpaired) electrons. The summed E-state index contributed by atoms with van der Waals surface area (Å²) in [6.45, 7) is 2.74. The Bertz CT molecular complexity index is 554. The second-order valence-electron chi connectivity index (χ2n) is 6.80. The van der Waals surface area contributed by atoms with Gasteiger partial charge in [0.25, 0.3) is 0 Å². The van der Waals surface area contributed by atoms with Crippen molar-refractivity contribution in [1.29, 1.82) is 0 Å². The number of hydrogen-bond acceptors (Lipinski definition) is 1. The molecule has 1 amide bonds. The highest BCUT2D eigenvalue weighted by Gasteiger charge is 2.42. The molecule has 0 aromatic heterocycles. The van der Waals surface area contributed by atoms with Crippen molar-refractivity contribution in [2.75, 3.05) is 11.4 Å². The predicted molar refractivity (Wildman–Crippen MR) is 85.4 cm³/mol. The van der Waals surface area contributed by atoms with E-state index in [-0.39, 0.29) is 5.41 Å². The molecule has 114 valence electrons. The molecule has 1 unspecified atom stereocenters. The zero-order valence-corrected chi connectivity index (χ0v) is 13.2. The van der Waals surface area contributed by atoms with E-state index in [2.05, 4.69) is 6.92 Å². The molecule has 1 aliphatic carbocycles. The van der Waals surface area contributed by atoms with E-state index in [9.17, 15) is 9.90 Å². The number of anilines is 1. The first-order valence-electron chi connectivity index (χ1n) is 7.80. The lowest BCUT2D eigenvalue weighted by molar-refractivity contribution is 0.199. The smallest absolute Gasteiger partial charge is 0.411 e. The summed E-state index contributed by atoms with van der Waals surface area (Å²) in [6.07, 6.45) is 6.71. The molecule has 3 rings (SSSR count). The van der Waals surface area contributed by atoms with Crippen LogP contribution in [0.5, 0.6) is 0 Å². The Hall–Kier alpha value is -1.22. The van der Waals surface area contributed by atoms with Crippen LogP contribution in [0, 0.1) is 5.92 Å². The Morgan fingerprint density at radius 1 is 1.38 bits per heavy atom. The van der Waals surface area contributed by atoms with Crippen LogP contribution in [0.4, 0.5) is 10.5 Å². The minimum absolute atomic E-state index is 0.110. The molecule has 1 heterocycles. The second-order valence-corrected chi connectivity index (χ2v) is 7.24. The quantitative estimate of drug-likeness (QED) is 0.829. The van der Waals surface area contributed by atoms with Crippen molar-refractivity contribution in [3.05, 3.63) is 28.8 Å². The Morgan fingerprint density at radius 2 is 2.10 bits per heavy atom. The number of carboxylic acid groups (broad SMARTS) is 1. The van der Waals surface area contributed by atoms with E-state index in [0.29, 0.717) is 17.5 Å². The van der Waals surface area contributed by atoms with Crippen molar-refractivity contribution >= 4 is 23.4 Å². The highest BCUT2D eigenvalue weighted by Crippen LogP contribution is 2.47. The number of halogens is 1. The van der Waals surface area contributed by atoms with Gasteiger partial charge in [-0.1, -0.05) is 50.6 Å². The van der Waals surface area contributed by atoms with Crippen LogP contribution in [0.2, 0.25) is 5.02 Å². The SMILES string of the molecule is CC1(CC2CCCCC2)CN(C(=O)O)c2ccc(Cl)cc21. The third kappa shape index (κ3) is 2.76. The van der Waals surface area contributed by atoms with Crippen LogP contribution in [-0.4, -0.2) is 17.7 Å². The van der Waals surface area contributed by atoms with Crippen LogP contribution in [0.1, 0.15) is 51.0 Å². The van der Waals surface area contributed by atoms with Crippen LogP contribution in [0.3, 0.4) is 0 Å². The fourth-order valence-electron chi connectivity index (χ4n) is 4.12. The van der Waals surface area contributed by atoms with E-state index in [0.717, 1.165) is 17.7 Å². The third-order valence-electron chi connectivity index (χ3n) is 5.10. The van der Waals surface area contributed by atoms with E-state index in [1.54, 1.807) is 6.07 Å². The molecule has 0 bridgehead atoms. The maximum atomic E-state index is 11.5. The Labute approximate surface area is 130 Å². The molecular weight excluding hydrogens is 286 g/mol. The molecule has 21 heavy (non-hydrogen) atoms. The zero-order chi connectivity index (χ0) is 15.0. The van der Waals surface area contributed by atoms with Gasteiger partial charge >= 0.3 is 6.09 Å². The Kier molecular flexibility index (Phi) is 3.87. The van der Waals surface area contributed by atoms with E-state index in [4.69, 9.17) is 11.6 Å². The maximum Gasteiger partial charge on any atom is 0.411 e. The van der Waals surface area contributed by atoms with E-state index >= 15 is 0 Å². The fourth-order valence-corrected chi connectivity index (χ4v) is 4.29. The first-order chi connectivity index (χ1) is 9.99. The van der Waals surface area contributed by atoms with Gasteiger partial charge in [0, 0.05) is 17.0 Å². The molecular formula is C17H22ClNO2. The largest absolute Gasteiger partial charge is 0.465 e. The van der Waals surface area contributed by atoms with Crippen molar-refractivity contribution in [3.8, 4) is 0 Å². The number of fused-ring (bicyclic) bond motifs is 1. The van der Waals surface area contributed by atoms with Crippen molar-refractivity contribution in [2.24, 2.45) is 5.92 Å². The summed E-state index contributed by atoms with van der Waals surface area (Å²) in [7, 11) is 0. The standard InChI is InChI=1S/C17H22ClNO2/c1-17(10-12-5-3-2-4-6-12)11-19(16(20)21)15-8-7-13(18)9-14(15)17/h7-9,12H,2-6,10-11H2,1H3,(H,20,21). The number of hydrogen-bond donors (Lipinski definition) is 1. The van der Waals surface area contributed by atoms with Crippen molar-refractivity contribution in [2.45, 2.75) is 50.9 Å². The van der Waals surface area contributed by atoms with Gasteiger partial charge in [-0.2, -0.15) is 0 Å². The molecule has 3 nitrogen and oxygen atoms in total. The third-order valence-corrected chi connectivity index (χ3v) is 5.34. The molecule has 1 fully saturated rings. The van der Waals surface area contributed by atoms with Gasteiger partial charge < -0.3 is 5.11 Å². The van der Waals surface area contributed by atoms with Crippen LogP contribution >= 0.6 is 11.6 Å². The summed E-state index contributed by atoms with van der Waals surface area (Å²) in [6, 6.07) is 5.59. The average molecular weight is 308 g/mol. The van der Waals surface area contributed by atoms with Crippen molar-refractivity contribution in [1.82, 2.24) is 0 Å². The predicted octanol–water partition coefficient (Wildman–Crippen LogP) is 5.07. The van der Waals surface area contributed by atoms with E-state index in [1.807, 2.05) is 12.1 Å². The van der Waals surface area contributed by atoms with Crippen molar-refractivity contribution < 1.29 is 9.90 Å². The highest BCUT2D eigenvalue weighted by atomic mass is 35.5. The zero-order valence-electron chi connectivity index (χ0n) is 12.4. The van der Waals surface area contributed by atoms with Gasteiger partial charge in [-0.15, -0.1) is 0 Å². The number of nitrogens with zero attached hydrogens (tertiary/aromatic N) is 1. The van der Waals surface area contributed by atoms with E-state index < -0.39 is 6.09 Å². The molecule has 1 aliphatic heterocycles. The normalized spacial score (nSPS) is 25.9. The molecule has 1 atom stereocenters. The summed E-state index contributed by atoms with van der Waals surface area (Å²) >= 11 is 6.15. The summed E-state index contributed by atoms with van der Waals surface area (Å²) in [4.78, 5) is 13.0. The Morgan fingerprint density at radius 3 is 2.76 bits per heavy atom.